The van der Waals surface area contributed by atoms with Gasteiger partial charge in [-0.3, -0.25) is 9.36 Å². The van der Waals surface area contributed by atoms with Gasteiger partial charge < -0.3 is 4.74 Å². The lowest BCUT2D eigenvalue weighted by atomic mass is 10.2. The van der Waals surface area contributed by atoms with E-state index in [1.54, 1.807) is 10.9 Å². The van der Waals surface area contributed by atoms with E-state index in [1.807, 2.05) is 18.2 Å². The van der Waals surface area contributed by atoms with Crippen LogP contribution in [0.5, 0.6) is 0 Å². The number of hydrogen-bond acceptors (Lipinski definition) is 3. The summed E-state index contributed by atoms with van der Waals surface area (Å²) in [6.45, 7) is 1.52. The highest BCUT2D eigenvalue weighted by atomic mass is 79.9. The maximum Gasteiger partial charge on any atom is 0.261 e. The molecule has 1 aromatic carbocycles. The van der Waals surface area contributed by atoms with Crippen LogP contribution in [0.4, 0.5) is 0 Å². The summed E-state index contributed by atoms with van der Waals surface area (Å²) in [6, 6.07) is 5.55. The first-order valence-electron chi connectivity index (χ1n) is 6.50. The van der Waals surface area contributed by atoms with E-state index in [-0.39, 0.29) is 5.56 Å². The lowest BCUT2D eigenvalue weighted by Gasteiger charge is -2.11. The number of aryl methyl sites for hydroxylation is 1. The molecule has 1 aliphatic heterocycles. The van der Waals surface area contributed by atoms with Crippen molar-refractivity contribution in [1.82, 2.24) is 9.55 Å². The van der Waals surface area contributed by atoms with E-state index in [0.717, 1.165) is 35.9 Å². The number of aromatic nitrogens is 2. The maximum atomic E-state index is 12.3. The van der Waals surface area contributed by atoms with Crippen molar-refractivity contribution in [3.8, 4) is 0 Å². The molecule has 0 saturated carbocycles. The van der Waals surface area contributed by atoms with Crippen LogP contribution in [0, 0.1) is 0 Å². The van der Waals surface area contributed by atoms with Crippen molar-refractivity contribution in [3.05, 3.63) is 39.4 Å². The first-order chi connectivity index (χ1) is 9.24. The van der Waals surface area contributed by atoms with E-state index in [4.69, 9.17) is 4.74 Å². The molecule has 5 heteroatoms. The van der Waals surface area contributed by atoms with Gasteiger partial charge in [0.2, 0.25) is 0 Å². The summed E-state index contributed by atoms with van der Waals surface area (Å²) in [5, 5.41) is 0.665. The molecule has 100 valence electrons. The number of hydrogen-bond donors (Lipinski definition) is 0. The molecule has 0 bridgehead atoms. The lowest BCUT2D eigenvalue weighted by Crippen LogP contribution is -2.22. The highest BCUT2D eigenvalue weighted by Crippen LogP contribution is 2.17. The van der Waals surface area contributed by atoms with E-state index in [1.165, 1.54) is 0 Å². The van der Waals surface area contributed by atoms with Gasteiger partial charge in [0.15, 0.2) is 0 Å². The molecule has 1 atom stereocenters. The van der Waals surface area contributed by atoms with Gasteiger partial charge in [-0.05, 0) is 37.5 Å². The van der Waals surface area contributed by atoms with Gasteiger partial charge in [-0.1, -0.05) is 15.9 Å². The molecule has 19 heavy (non-hydrogen) atoms. The molecule has 1 aliphatic rings. The molecule has 0 spiro atoms. The number of ether oxygens (including phenoxy) is 1. The summed E-state index contributed by atoms with van der Waals surface area (Å²) in [5.41, 5.74) is 0.753. The summed E-state index contributed by atoms with van der Waals surface area (Å²) in [6.07, 6.45) is 5.04. The third kappa shape index (κ3) is 2.72. The fourth-order valence-electron chi connectivity index (χ4n) is 2.45. The Hall–Kier alpha value is -1.20. The second kappa shape index (κ2) is 5.43. The predicted molar refractivity (Wildman–Crippen MR) is 77.3 cm³/mol. The summed E-state index contributed by atoms with van der Waals surface area (Å²) in [7, 11) is 0. The molecule has 2 aromatic rings. The van der Waals surface area contributed by atoms with Crippen molar-refractivity contribution in [3.63, 3.8) is 0 Å². The highest BCUT2D eigenvalue weighted by molar-refractivity contribution is 9.10. The normalized spacial score (nSPS) is 19.1. The second-order valence-corrected chi connectivity index (χ2v) is 5.74. The maximum absolute atomic E-state index is 12.3. The van der Waals surface area contributed by atoms with Crippen LogP contribution in [0.3, 0.4) is 0 Å². The molecule has 0 amide bonds. The summed E-state index contributed by atoms with van der Waals surface area (Å²) >= 11 is 3.39. The summed E-state index contributed by atoms with van der Waals surface area (Å²) in [4.78, 5) is 16.7. The van der Waals surface area contributed by atoms with Crippen molar-refractivity contribution in [2.24, 2.45) is 0 Å². The Morgan fingerprint density at radius 1 is 1.47 bits per heavy atom. The molecule has 4 nitrogen and oxygen atoms in total. The van der Waals surface area contributed by atoms with E-state index in [9.17, 15) is 4.79 Å². The van der Waals surface area contributed by atoms with Crippen LogP contribution in [0.2, 0.25) is 0 Å². The molecular weight excluding hydrogens is 308 g/mol. The number of nitrogens with zero attached hydrogens (tertiary/aromatic N) is 2. The molecule has 1 unspecified atom stereocenters. The summed E-state index contributed by atoms with van der Waals surface area (Å²) < 4.78 is 8.19. The molecule has 1 fully saturated rings. The number of fused-ring (bicyclic) bond motifs is 1. The third-order valence-electron chi connectivity index (χ3n) is 3.50. The quantitative estimate of drug-likeness (QED) is 0.872. The van der Waals surface area contributed by atoms with Crippen LogP contribution in [-0.2, 0) is 11.3 Å². The predicted octanol–water partition coefficient (Wildman–Crippen LogP) is 2.73. The standard InChI is InChI=1S/C14H15BrN2O2/c15-10-3-4-12-13(8-10)16-9-17(14(12)18)6-5-11-2-1-7-19-11/h3-4,8-9,11H,1-2,5-7H2. The van der Waals surface area contributed by atoms with Gasteiger partial charge in [-0.15, -0.1) is 0 Å². The van der Waals surface area contributed by atoms with Crippen molar-refractivity contribution in [1.29, 1.82) is 0 Å². The first-order valence-corrected chi connectivity index (χ1v) is 7.29. The Balaban J connectivity index is 1.85. The molecular formula is C14H15BrN2O2. The number of rotatable bonds is 3. The van der Waals surface area contributed by atoms with E-state index >= 15 is 0 Å². The van der Waals surface area contributed by atoms with Crippen LogP contribution < -0.4 is 5.56 Å². The third-order valence-corrected chi connectivity index (χ3v) is 4.00. The van der Waals surface area contributed by atoms with E-state index < -0.39 is 0 Å². The zero-order chi connectivity index (χ0) is 13.2. The molecule has 1 aromatic heterocycles. The fourth-order valence-corrected chi connectivity index (χ4v) is 2.79. The molecule has 0 aliphatic carbocycles. The molecule has 0 radical (unpaired) electrons. The van der Waals surface area contributed by atoms with Crippen molar-refractivity contribution >= 4 is 26.8 Å². The lowest BCUT2D eigenvalue weighted by molar-refractivity contribution is 0.100. The van der Waals surface area contributed by atoms with Gasteiger partial charge in [-0.2, -0.15) is 0 Å². The highest BCUT2D eigenvalue weighted by Gasteiger charge is 2.15. The topological polar surface area (TPSA) is 44.1 Å². The van der Waals surface area contributed by atoms with Crippen molar-refractivity contribution in [2.45, 2.75) is 31.9 Å². The zero-order valence-corrected chi connectivity index (χ0v) is 12.1. The molecule has 1 saturated heterocycles. The Morgan fingerprint density at radius 3 is 3.16 bits per heavy atom. The van der Waals surface area contributed by atoms with Gasteiger partial charge in [-0.25, -0.2) is 4.98 Å². The SMILES string of the molecule is O=c1c2ccc(Br)cc2ncn1CCC1CCCO1. The average Bonchev–Trinajstić information content (AvgIpc) is 2.91. The first kappa shape index (κ1) is 12.8. The van der Waals surface area contributed by atoms with Gasteiger partial charge in [0, 0.05) is 17.6 Å². The molecule has 3 rings (SSSR count). The zero-order valence-electron chi connectivity index (χ0n) is 10.5. The smallest absolute Gasteiger partial charge is 0.261 e. The van der Waals surface area contributed by atoms with Crippen LogP contribution in [-0.4, -0.2) is 22.3 Å². The van der Waals surface area contributed by atoms with E-state index in [0.29, 0.717) is 18.0 Å². The number of benzene rings is 1. The Morgan fingerprint density at radius 2 is 2.37 bits per heavy atom. The Kier molecular flexibility index (Phi) is 3.66. The van der Waals surface area contributed by atoms with Crippen LogP contribution >= 0.6 is 15.9 Å². The Bertz CT molecular complexity index is 647. The monoisotopic (exact) mass is 322 g/mol. The molecule has 2 heterocycles. The minimum Gasteiger partial charge on any atom is -0.378 e. The van der Waals surface area contributed by atoms with Gasteiger partial charge >= 0.3 is 0 Å². The van der Waals surface area contributed by atoms with Gasteiger partial charge in [0.1, 0.15) is 0 Å². The summed E-state index contributed by atoms with van der Waals surface area (Å²) in [5.74, 6) is 0. The number of halogens is 1. The van der Waals surface area contributed by atoms with Crippen molar-refractivity contribution in [2.75, 3.05) is 6.61 Å². The minimum atomic E-state index is 0.0236. The van der Waals surface area contributed by atoms with Gasteiger partial charge in [0.25, 0.3) is 5.56 Å². The van der Waals surface area contributed by atoms with E-state index in [2.05, 4.69) is 20.9 Å². The Labute approximate surface area is 119 Å². The van der Waals surface area contributed by atoms with Crippen LogP contribution in [0.1, 0.15) is 19.3 Å². The van der Waals surface area contributed by atoms with Crippen LogP contribution in [0.25, 0.3) is 10.9 Å². The van der Waals surface area contributed by atoms with Crippen molar-refractivity contribution < 1.29 is 4.74 Å². The fraction of sp³-hybridized carbons (Fsp3) is 0.429. The molecule has 0 N–H and O–H groups in total. The minimum absolute atomic E-state index is 0.0236. The second-order valence-electron chi connectivity index (χ2n) is 4.83. The average molecular weight is 323 g/mol. The van der Waals surface area contributed by atoms with Gasteiger partial charge in [0.05, 0.1) is 23.3 Å². The largest absolute Gasteiger partial charge is 0.378 e. The van der Waals surface area contributed by atoms with Crippen LogP contribution in [0.15, 0.2) is 33.8 Å².